The SMILES string of the molecule is C/C(=N\NS(=O)(=O)c1ccc(Cl)cc1)c1ccc(C2CCCCC2)cc1. The molecule has 1 N–H and O–H groups in total. The molecule has 26 heavy (non-hydrogen) atoms. The quantitative estimate of drug-likeness (QED) is 0.571. The van der Waals surface area contributed by atoms with Gasteiger partial charge in [-0.1, -0.05) is 55.1 Å². The normalized spacial score (nSPS) is 16.5. The van der Waals surface area contributed by atoms with Crippen LogP contribution < -0.4 is 4.83 Å². The van der Waals surface area contributed by atoms with Gasteiger partial charge in [0.25, 0.3) is 10.0 Å². The Morgan fingerprint density at radius 1 is 1.00 bits per heavy atom. The molecule has 0 amide bonds. The van der Waals surface area contributed by atoms with E-state index >= 15 is 0 Å². The van der Waals surface area contributed by atoms with Crippen LogP contribution in [0.4, 0.5) is 0 Å². The molecule has 1 fully saturated rings. The predicted molar refractivity (Wildman–Crippen MR) is 106 cm³/mol. The number of sulfonamides is 1. The standard InChI is InChI=1S/C20H23ClN2O2S/c1-15(22-23-26(24,25)20-13-11-19(21)12-14-20)16-7-9-18(10-8-16)17-5-3-2-4-6-17/h7-14,17,23H,2-6H2,1H3/b22-15+. The third-order valence-electron chi connectivity index (χ3n) is 4.86. The van der Waals surface area contributed by atoms with E-state index in [4.69, 9.17) is 11.6 Å². The molecule has 0 bridgehead atoms. The summed E-state index contributed by atoms with van der Waals surface area (Å²) in [5.41, 5.74) is 2.89. The van der Waals surface area contributed by atoms with Crippen LogP contribution in [0.5, 0.6) is 0 Å². The smallest absolute Gasteiger partial charge is 0.200 e. The van der Waals surface area contributed by atoms with Crippen LogP contribution in [0, 0.1) is 0 Å². The van der Waals surface area contributed by atoms with E-state index in [-0.39, 0.29) is 4.90 Å². The summed E-state index contributed by atoms with van der Waals surface area (Å²) in [6.07, 6.45) is 6.47. The van der Waals surface area contributed by atoms with E-state index in [1.54, 1.807) is 6.92 Å². The molecule has 0 aromatic heterocycles. The number of hydrogen-bond acceptors (Lipinski definition) is 3. The molecule has 0 spiro atoms. The minimum atomic E-state index is -3.70. The lowest BCUT2D eigenvalue weighted by molar-refractivity contribution is 0.443. The topological polar surface area (TPSA) is 58.5 Å². The highest BCUT2D eigenvalue weighted by atomic mass is 35.5. The van der Waals surface area contributed by atoms with E-state index in [1.807, 2.05) is 12.1 Å². The van der Waals surface area contributed by atoms with E-state index in [2.05, 4.69) is 22.1 Å². The molecule has 2 aromatic rings. The lowest BCUT2D eigenvalue weighted by atomic mass is 9.84. The van der Waals surface area contributed by atoms with Crippen LogP contribution in [0.3, 0.4) is 0 Å². The minimum absolute atomic E-state index is 0.131. The molecule has 4 nitrogen and oxygen atoms in total. The van der Waals surface area contributed by atoms with Gasteiger partial charge in [0, 0.05) is 5.02 Å². The third kappa shape index (κ3) is 4.65. The van der Waals surface area contributed by atoms with Gasteiger partial charge in [0.2, 0.25) is 0 Å². The van der Waals surface area contributed by atoms with Gasteiger partial charge in [0.05, 0.1) is 10.6 Å². The first-order valence-electron chi connectivity index (χ1n) is 8.88. The van der Waals surface area contributed by atoms with Crippen LogP contribution in [0.1, 0.15) is 56.1 Å². The fourth-order valence-corrected chi connectivity index (χ4v) is 4.27. The second-order valence-corrected chi connectivity index (χ2v) is 8.80. The summed E-state index contributed by atoms with van der Waals surface area (Å²) >= 11 is 5.80. The van der Waals surface area contributed by atoms with Crippen molar-refractivity contribution in [1.82, 2.24) is 4.83 Å². The van der Waals surface area contributed by atoms with E-state index in [9.17, 15) is 8.42 Å². The first-order chi connectivity index (χ1) is 12.5. The highest BCUT2D eigenvalue weighted by Gasteiger charge is 2.16. The fourth-order valence-electron chi connectivity index (χ4n) is 3.29. The predicted octanol–water partition coefficient (Wildman–Crippen LogP) is 5.09. The van der Waals surface area contributed by atoms with Gasteiger partial charge in [-0.25, -0.2) is 0 Å². The van der Waals surface area contributed by atoms with Crippen molar-refractivity contribution in [3.8, 4) is 0 Å². The molecule has 0 atom stereocenters. The van der Waals surface area contributed by atoms with Crippen molar-refractivity contribution in [2.24, 2.45) is 5.10 Å². The highest BCUT2D eigenvalue weighted by molar-refractivity contribution is 7.89. The van der Waals surface area contributed by atoms with Gasteiger partial charge >= 0.3 is 0 Å². The van der Waals surface area contributed by atoms with Gasteiger partial charge in [-0.05, 0) is 61.1 Å². The molecule has 3 rings (SSSR count). The summed E-state index contributed by atoms with van der Waals surface area (Å²) < 4.78 is 24.6. The molecule has 0 heterocycles. The van der Waals surface area contributed by atoms with Crippen molar-refractivity contribution in [2.45, 2.75) is 49.8 Å². The lowest BCUT2D eigenvalue weighted by Crippen LogP contribution is -2.19. The van der Waals surface area contributed by atoms with Crippen LogP contribution in [0.2, 0.25) is 5.02 Å². The number of benzene rings is 2. The first kappa shape index (κ1) is 18.9. The molecule has 2 aromatic carbocycles. The van der Waals surface area contributed by atoms with Crippen LogP contribution in [-0.4, -0.2) is 14.1 Å². The lowest BCUT2D eigenvalue weighted by Gasteiger charge is -2.22. The molecule has 1 aliphatic carbocycles. The van der Waals surface area contributed by atoms with Crippen LogP contribution in [0.15, 0.2) is 58.5 Å². The third-order valence-corrected chi connectivity index (χ3v) is 6.34. The summed E-state index contributed by atoms with van der Waals surface area (Å²) in [6, 6.07) is 14.3. The van der Waals surface area contributed by atoms with Crippen LogP contribution in [0.25, 0.3) is 0 Å². The van der Waals surface area contributed by atoms with Crippen LogP contribution in [-0.2, 0) is 10.0 Å². The van der Waals surface area contributed by atoms with Crippen LogP contribution >= 0.6 is 11.6 Å². The Bertz CT molecular complexity index is 869. The van der Waals surface area contributed by atoms with E-state index in [0.29, 0.717) is 16.7 Å². The molecular formula is C20H23ClN2O2S. The molecular weight excluding hydrogens is 368 g/mol. The molecule has 6 heteroatoms. The number of halogens is 1. The van der Waals surface area contributed by atoms with Gasteiger partial charge in [-0.2, -0.15) is 18.4 Å². The summed E-state index contributed by atoms with van der Waals surface area (Å²) in [5, 5.41) is 4.54. The Kier molecular flexibility index (Phi) is 5.99. The molecule has 1 aliphatic rings. The summed E-state index contributed by atoms with van der Waals surface area (Å²) in [5.74, 6) is 0.651. The number of hydrazone groups is 1. The summed E-state index contributed by atoms with van der Waals surface area (Å²) in [7, 11) is -3.70. The Morgan fingerprint density at radius 3 is 2.23 bits per heavy atom. The van der Waals surface area contributed by atoms with Gasteiger partial charge in [0.15, 0.2) is 0 Å². The second-order valence-electron chi connectivity index (χ2n) is 6.70. The molecule has 1 saturated carbocycles. The monoisotopic (exact) mass is 390 g/mol. The number of rotatable bonds is 5. The number of nitrogens with zero attached hydrogens (tertiary/aromatic N) is 1. The minimum Gasteiger partial charge on any atom is -0.200 e. The van der Waals surface area contributed by atoms with E-state index in [1.165, 1.54) is 61.9 Å². The summed E-state index contributed by atoms with van der Waals surface area (Å²) in [6.45, 7) is 1.79. The first-order valence-corrected chi connectivity index (χ1v) is 10.7. The Labute approximate surface area is 160 Å². The molecule has 0 saturated heterocycles. The average Bonchev–Trinajstić information content (AvgIpc) is 2.67. The fraction of sp³-hybridized carbons (Fsp3) is 0.350. The molecule has 138 valence electrons. The van der Waals surface area contributed by atoms with Gasteiger partial charge < -0.3 is 0 Å². The Balaban J connectivity index is 1.70. The van der Waals surface area contributed by atoms with Gasteiger partial charge in [0.1, 0.15) is 0 Å². The van der Waals surface area contributed by atoms with Crippen molar-refractivity contribution in [3.63, 3.8) is 0 Å². The number of nitrogens with one attached hydrogen (secondary N) is 1. The maximum absolute atomic E-state index is 12.3. The van der Waals surface area contributed by atoms with Crippen molar-refractivity contribution < 1.29 is 8.42 Å². The Hall–Kier alpha value is -1.85. The average molecular weight is 391 g/mol. The number of hydrogen-bond donors (Lipinski definition) is 1. The van der Waals surface area contributed by atoms with E-state index < -0.39 is 10.0 Å². The van der Waals surface area contributed by atoms with Gasteiger partial charge in [-0.3, -0.25) is 0 Å². The zero-order valence-corrected chi connectivity index (χ0v) is 16.4. The highest BCUT2D eigenvalue weighted by Crippen LogP contribution is 2.32. The van der Waals surface area contributed by atoms with Crippen molar-refractivity contribution in [1.29, 1.82) is 0 Å². The maximum atomic E-state index is 12.3. The van der Waals surface area contributed by atoms with Gasteiger partial charge in [-0.15, -0.1) is 0 Å². The zero-order chi connectivity index (χ0) is 18.6. The van der Waals surface area contributed by atoms with E-state index in [0.717, 1.165) is 5.56 Å². The summed E-state index contributed by atoms with van der Waals surface area (Å²) in [4.78, 5) is 2.42. The van der Waals surface area contributed by atoms with Crippen molar-refractivity contribution in [2.75, 3.05) is 0 Å². The Morgan fingerprint density at radius 2 is 1.62 bits per heavy atom. The molecule has 0 aliphatic heterocycles. The molecule has 0 unspecified atom stereocenters. The second kappa shape index (κ2) is 8.23. The van der Waals surface area contributed by atoms with Crippen molar-refractivity contribution >= 4 is 27.3 Å². The van der Waals surface area contributed by atoms with Crippen molar-refractivity contribution in [3.05, 3.63) is 64.7 Å². The largest absolute Gasteiger partial charge is 0.276 e. The molecule has 0 radical (unpaired) electrons. The zero-order valence-electron chi connectivity index (χ0n) is 14.8. The maximum Gasteiger partial charge on any atom is 0.276 e.